The monoisotopic (exact) mass is 481 g/mol. The highest BCUT2D eigenvalue weighted by atomic mass is 32.2. The van der Waals surface area contributed by atoms with Gasteiger partial charge in [-0.1, -0.05) is 30.6 Å². The molecule has 0 bridgehead atoms. The van der Waals surface area contributed by atoms with E-state index in [-0.39, 0.29) is 24.0 Å². The van der Waals surface area contributed by atoms with Crippen LogP contribution in [0.2, 0.25) is 0 Å². The molecule has 32 heavy (non-hydrogen) atoms. The average molecular weight is 482 g/mol. The minimum Gasteiger partial charge on any atom is -0.467 e. The molecule has 2 aliphatic rings. The number of ketones is 1. The first kappa shape index (κ1) is 24.7. The zero-order valence-electron chi connectivity index (χ0n) is 18.6. The van der Waals surface area contributed by atoms with Crippen LogP contribution in [-0.2, 0) is 25.5 Å². The second kappa shape index (κ2) is 11.8. The number of rotatable bonds is 9. The molecule has 2 atom stereocenters. The fraction of sp³-hybridized carbons (Fsp3) is 0.682. The molecule has 3 rings (SSSR count). The first-order chi connectivity index (χ1) is 15.4. The number of hydrogen-bond donors (Lipinski definition) is 2. The van der Waals surface area contributed by atoms with Crippen molar-refractivity contribution in [3.63, 3.8) is 0 Å². The topological polar surface area (TPSA) is 114 Å². The largest absolute Gasteiger partial charge is 0.467 e. The van der Waals surface area contributed by atoms with Crippen molar-refractivity contribution in [2.45, 2.75) is 63.8 Å². The number of carbonyl (C=O) groups is 4. The predicted octanol–water partition coefficient (Wildman–Crippen LogP) is 3.21. The molecule has 0 saturated heterocycles. The van der Waals surface area contributed by atoms with Gasteiger partial charge in [-0.2, -0.15) is 11.8 Å². The first-order valence-electron chi connectivity index (χ1n) is 11.1. The summed E-state index contributed by atoms with van der Waals surface area (Å²) in [6.07, 6.45) is 8.99. The number of aromatic nitrogens is 1. The maximum absolute atomic E-state index is 12.8. The van der Waals surface area contributed by atoms with Gasteiger partial charge in [-0.05, 0) is 37.2 Å². The zero-order chi connectivity index (χ0) is 23.1. The summed E-state index contributed by atoms with van der Waals surface area (Å²) in [6.45, 7) is 0. The Morgan fingerprint density at radius 3 is 2.66 bits per heavy atom. The fourth-order valence-electron chi connectivity index (χ4n) is 4.31. The normalized spacial score (nSPS) is 19.7. The molecule has 1 aromatic heterocycles. The van der Waals surface area contributed by atoms with Crippen molar-refractivity contribution >= 4 is 51.8 Å². The van der Waals surface area contributed by atoms with Crippen LogP contribution in [0.5, 0.6) is 0 Å². The fourth-order valence-corrected chi connectivity index (χ4v) is 5.74. The lowest BCUT2D eigenvalue weighted by Crippen LogP contribution is -2.46. The number of anilines is 1. The average Bonchev–Trinajstić information content (AvgIpc) is 3.19. The highest BCUT2D eigenvalue weighted by Crippen LogP contribution is 2.33. The Kier molecular flexibility index (Phi) is 9.10. The number of nitrogens with one attached hydrogen (secondary N) is 2. The first-order valence-corrected chi connectivity index (χ1v) is 13.3. The Bertz CT molecular complexity index is 851. The minimum absolute atomic E-state index is 0.0624. The lowest BCUT2D eigenvalue weighted by molar-refractivity contribution is -0.145. The predicted molar refractivity (Wildman–Crippen MR) is 125 cm³/mol. The zero-order valence-corrected chi connectivity index (χ0v) is 20.2. The molecule has 1 aromatic rings. The Labute approximate surface area is 196 Å². The van der Waals surface area contributed by atoms with Gasteiger partial charge < -0.3 is 15.4 Å². The maximum atomic E-state index is 12.8. The molecule has 1 saturated carbocycles. The Balaban J connectivity index is 1.60. The van der Waals surface area contributed by atoms with Gasteiger partial charge in [0.2, 0.25) is 11.8 Å². The van der Waals surface area contributed by atoms with Crippen molar-refractivity contribution in [2.24, 2.45) is 11.8 Å². The van der Waals surface area contributed by atoms with Gasteiger partial charge in [-0.3, -0.25) is 14.4 Å². The molecule has 1 fully saturated rings. The van der Waals surface area contributed by atoms with Gasteiger partial charge in [0, 0.05) is 19.3 Å². The van der Waals surface area contributed by atoms with Gasteiger partial charge in [0.25, 0.3) is 0 Å². The molecule has 2 aliphatic carbocycles. The second-order valence-corrected chi connectivity index (χ2v) is 10.4. The van der Waals surface area contributed by atoms with Crippen molar-refractivity contribution < 1.29 is 23.9 Å². The Morgan fingerprint density at radius 2 is 1.97 bits per heavy atom. The number of amides is 2. The summed E-state index contributed by atoms with van der Waals surface area (Å²) in [5.41, 5.74) is 0.540. The summed E-state index contributed by atoms with van der Waals surface area (Å²) in [4.78, 5) is 54.8. The molecule has 0 unspecified atom stereocenters. The van der Waals surface area contributed by atoms with E-state index in [1.807, 2.05) is 6.26 Å². The van der Waals surface area contributed by atoms with Gasteiger partial charge in [-0.15, -0.1) is 0 Å². The molecular weight excluding hydrogens is 450 g/mol. The molecule has 0 aromatic carbocycles. The van der Waals surface area contributed by atoms with Crippen LogP contribution < -0.4 is 10.6 Å². The minimum atomic E-state index is -0.735. The van der Waals surface area contributed by atoms with Crippen molar-refractivity contribution in [1.29, 1.82) is 0 Å². The third-order valence-electron chi connectivity index (χ3n) is 6.05. The molecular formula is C22H31N3O5S2. The molecule has 10 heteroatoms. The van der Waals surface area contributed by atoms with Crippen molar-refractivity contribution in [3.05, 3.63) is 10.6 Å². The molecule has 1 heterocycles. The van der Waals surface area contributed by atoms with E-state index in [9.17, 15) is 19.2 Å². The molecule has 0 spiro atoms. The third kappa shape index (κ3) is 6.54. The van der Waals surface area contributed by atoms with E-state index in [1.54, 1.807) is 11.8 Å². The van der Waals surface area contributed by atoms with Crippen LogP contribution in [0, 0.1) is 11.8 Å². The highest BCUT2D eigenvalue weighted by Gasteiger charge is 2.35. The van der Waals surface area contributed by atoms with E-state index >= 15 is 0 Å². The van der Waals surface area contributed by atoms with Gasteiger partial charge >= 0.3 is 5.97 Å². The highest BCUT2D eigenvalue weighted by molar-refractivity contribution is 7.98. The summed E-state index contributed by atoms with van der Waals surface area (Å²) >= 11 is 2.75. The molecule has 2 N–H and O–H groups in total. The van der Waals surface area contributed by atoms with E-state index in [0.717, 1.165) is 12.8 Å². The van der Waals surface area contributed by atoms with Crippen LogP contribution in [0.15, 0.2) is 0 Å². The SMILES string of the molecule is COC(=O)[C@@H](CCSC)NC(=O)[C@@H]1CC(=O)c2sc(NC(=O)CC3CCCCC3)nc2C1. The third-order valence-corrected chi connectivity index (χ3v) is 7.75. The van der Waals surface area contributed by atoms with E-state index < -0.39 is 17.9 Å². The van der Waals surface area contributed by atoms with Crippen molar-refractivity contribution in [2.75, 3.05) is 24.4 Å². The lowest BCUT2D eigenvalue weighted by Gasteiger charge is -2.22. The van der Waals surface area contributed by atoms with E-state index in [4.69, 9.17) is 4.74 Å². The molecule has 8 nitrogen and oxygen atoms in total. The van der Waals surface area contributed by atoms with E-state index in [0.29, 0.717) is 46.6 Å². The van der Waals surface area contributed by atoms with Gasteiger partial charge in [0.1, 0.15) is 6.04 Å². The van der Waals surface area contributed by atoms with E-state index in [1.165, 1.54) is 37.7 Å². The van der Waals surface area contributed by atoms with Crippen LogP contribution in [0.25, 0.3) is 0 Å². The van der Waals surface area contributed by atoms with Gasteiger partial charge in [-0.25, -0.2) is 9.78 Å². The maximum Gasteiger partial charge on any atom is 0.328 e. The van der Waals surface area contributed by atoms with Crippen LogP contribution in [0.1, 0.15) is 66.7 Å². The summed E-state index contributed by atoms with van der Waals surface area (Å²) in [5.74, 6) is -0.548. The number of thiazole rings is 1. The Morgan fingerprint density at radius 1 is 1.22 bits per heavy atom. The number of ether oxygens (including phenoxy) is 1. The standard InChI is InChI=1S/C22H31N3O5S2/c1-30-21(29)15(8-9-31-2)23-20(28)14-11-16-19(17(26)12-14)32-22(24-16)25-18(27)10-13-6-4-3-5-7-13/h13-15H,3-12H2,1-2H3,(H,23,28)(H,24,25,27)/t14-,15+/m0/s1. The number of carbonyl (C=O) groups excluding carboxylic acids is 4. The van der Waals surface area contributed by atoms with Crippen LogP contribution in [0.3, 0.4) is 0 Å². The number of thioether (sulfide) groups is 1. The number of nitrogens with zero attached hydrogens (tertiary/aromatic N) is 1. The van der Waals surface area contributed by atoms with Crippen LogP contribution in [0.4, 0.5) is 5.13 Å². The number of esters is 1. The molecule has 2 amide bonds. The molecule has 0 radical (unpaired) electrons. The summed E-state index contributed by atoms with van der Waals surface area (Å²) in [7, 11) is 1.29. The molecule has 176 valence electrons. The quantitative estimate of drug-likeness (QED) is 0.521. The van der Waals surface area contributed by atoms with Crippen molar-refractivity contribution in [3.8, 4) is 0 Å². The smallest absolute Gasteiger partial charge is 0.328 e. The number of methoxy groups -OCH3 is 1. The van der Waals surface area contributed by atoms with Crippen molar-refractivity contribution in [1.82, 2.24) is 10.3 Å². The summed E-state index contributed by atoms with van der Waals surface area (Å²) in [5, 5.41) is 5.99. The van der Waals surface area contributed by atoms with Gasteiger partial charge in [0.15, 0.2) is 10.9 Å². The van der Waals surface area contributed by atoms with Crippen LogP contribution >= 0.6 is 23.1 Å². The summed E-state index contributed by atoms with van der Waals surface area (Å²) < 4.78 is 4.79. The van der Waals surface area contributed by atoms with Gasteiger partial charge in [0.05, 0.1) is 23.6 Å². The van der Waals surface area contributed by atoms with E-state index in [2.05, 4.69) is 15.6 Å². The summed E-state index contributed by atoms with van der Waals surface area (Å²) in [6, 6.07) is -0.735. The number of fused-ring (bicyclic) bond motifs is 1. The Hall–Kier alpha value is -1.94. The molecule has 0 aliphatic heterocycles. The number of hydrogen-bond acceptors (Lipinski definition) is 8. The lowest BCUT2D eigenvalue weighted by atomic mass is 9.87. The van der Waals surface area contributed by atoms with Crippen LogP contribution in [-0.4, -0.2) is 53.7 Å². The number of Topliss-reactive ketones (excluding diaryl/α,β-unsaturated/α-hetero) is 1. The second-order valence-electron chi connectivity index (χ2n) is 8.45.